The first-order chi connectivity index (χ1) is 11.5. The molecule has 2 aliphatic carbocycles. The number of carbonyl (C=O) groups is 2. The van der Waals surface area contributed by atoms with Gasteiger partial charge in [-0.2, -0.15) is 0 Å². The lowest BCUT2D eigenvalue weighted by atomic mass is 10.0. The molecule has 7 heteroatoms. The standard InChI is InChI=1S/C18H29NO5.ClH/c1-11-16(24-17(20)12-9-10-12)15(23-13-5-2-3-6-13)8-4-7-14(19)18(21)22-11;/h11-16H,2-10,19H2,1H3;1H/t11-,14-,15-,16-;/m0./s1. The summed E-state index contributed by atoms with van der Waals surface area (Å²) in [7, 11) is 0. The van der Waals surface area contributed by atoms with Crippen molar-refractivity contribution in [2.45, 2.75) is 95.2 Å². The fourth-order valence-corrected chi connectivity index (χ4v) is 3.63. The van der Waals surface area contributed by atoms with Gasteiger partial charge in [-0.1, -0.05) is 12.8 Å². The lowest BCUT2D eigenvalue weighted by Gasteiger charge is -2.32. The molecule has 0 aromatic rings. The number of halogens is 1. The summed E-state index contributed by atoms with van der Waals surface area (Å²) in [5.41, 5.74) is 3.89. The smallest absolute Gasteiger partial charge is 0.365 e. The molecule has 1 saturated heterocycles. The van der Waals surface area contributed by atoms with Gasteiger partial charge in [0.25, 0.3) is 0 Å². The highest BCUT2D eigenvalue weighted by Gasteiger charge is 2.41. The van der Waals surface area contributed by atoms with Gasteiger partial charge in [-0.05, 0) is 45.4 Å². The van der Waals surface area contributed by atoms with Crippen molar-refractivity contribution < 1.29 is 41.9 Å². The van der Waals surface area contributed by atoms with Crippen LogP contribution >= 0.6 is 0 Å². The molecule has 3 fully saturated rings. The number of esters is 2. The Morgan fingerprint density at radius 3 is 2.40 bits per heavy atom. The highest BCUT2D eigenvalue weighted by Crippen LogP contribution is 2.33. The van der Waals surface area contributed by atoms with Gasteiger partial charge in [0, 0.05) is 6.42 Å². The fourth-order valence-electron chi connectivity index (χ4n) is 3.63. The molecular weight excluding hydrogens is 346 g/mol. The number of cyclic esters (lactones) is 1. The lowest BCUT2D eigenvalue weighted by Crippen LogP contribution is -3.00. The quantitative estimate of drug-likeness (QED) is 0.596. The van der Waals surface area contributed by atoms with Gasteiger partial charge < -0.3 is 32.4 Å². The van der Waals surface area contributed by atoms with E-state index in [1.807, 2.05) is 0 Å². The van der Waals surface area contributed by atoms with Crippen molar-refractivity contribution >= 4 is 11.9 Å². The zero-order valence-corrected chi connectivity index (χ0v) is 15.7. The van der Waals surface area contributed by atoms with E-state index in [0.717, 1.165) is 38.5 Å². The second-order valence-corrected chi connectivity index (χ2v) is 7.53. The number of hydrogen-bond donors (Lipinski definition) is 1. The van der Waals surface area contributed by atoms with Crippen LogP contribution in [-0.2, 0) is 23.8 Å². The van der Waals surface area contributed by atoms with Crippen LogP contribution in [0.3, 0.4) is 0 Å². The van der Waals surface area contributed by atoms with Crippen molar-refractivity contribution in [1.82, 2.24) is 0 Å². The molecule has 4 atom stereocenters. The SMILES string of the molecule is C[C@@H]1OC(=O)[C@@H]([NH3+])CCC[C@H](OC2CCCC2)[C@H]1OC(=O)C1CC1.[Cl-]. The van der Waals surface area contributed by atoms with E-state index in [0.29, 0.717) is 6.42 Å². The molecule has 3 aliphatic rings. The number of hydrogen-bond acceptors (Lipinski definition) is 5. The molecule has 0 radical (unpaired) electrons. The summed E-state index contributed by atoms with van der Waals surface area (Å²) in [4.78, 5) is 24.3. The molecule has 6 nitrogen and oxygen atoms in total. The summed E-state index contributed by atoms with van der Waals surface area (Å²) in [6, 6.07) is -0.363. The summed E-state index contributed by atoms with van der Waals surface area (Å²) in [6.45, 7) is 1.80. The lowest BCUT2D eigenvalue weighted by molar-refractivity contribution is -0.410. The molecule has 0 spiro atoms. The van der Waals surface area contributed by atoms with Gasteiger partial charge in [0.1, 0.15) is 6.10 Å². The predicted molar refractivity (Wildman–Crippen MR) is 85.8 cm³/mol. The van der Waals surface area contributed by atoms with Crippen LogP contribution in [-0.4, -0.2) is 42.4 Å². The molecule has 3 rings (SSSR count). The minimum Gasteiger partial charge on any atom is -1.00 e. The molecule has 1 aliphatic heterocycles. The van der Waals surface area contributed by atoms with E-state index < -0.39 is 12.2 Å². The van der Waals surface area contributed by atoms with E-state index in [9.17, 15) is 9.59 Å². The molecule has 0 aromatic carbocycles. The molecule has 144 valence electrons. The topological polar surface area (TPSA) is 89.5 Å². The monoisotopic (exact) mass is 375 g/mol. The maximum absolute atomic E-state index is 12.2. The average molecular weight is 376 g/mol. The summed E-state index contributed by atoms with van der Waals surface area (Å²) < 4.78 is 17.6. The summed E-state index contributed by atoms with van der Waals surface area (Å²) >= 11 is 0. The third kappa shape index (κ3) is 5.56. The largest absolute Gasteiger partial charge is 1.00 e. The number of quaternary nitrogens is 1. The highest BCUT2D eigenvalue weighted by atomic mass is 35.5. The minimum atomic E-state index is -0.520. The number of rotatable bonds is 4. The zero-order valence-electron chi connectivity index (χ0n) is 15.0. The van der Waals surface area contributed by atoms with Gasteiger partial charge >= 0.3 is 11.9 Å². The van der Waals surface area contributed by atoms with Crippen LogP contribution in [0, 0.1) is 5.92 Å². The van der Waals surface area contributed by atoms with Gasteiger partial charge in [0.15, 0.2) is 12.1 Å². The van der Waals surface area contributed by atoms with Crippen LogP contribution in [0.2, 0.25) is 0 Å². The van der Waals surface area contributed by atoms with Crippen molar-refractivity contribution in [2.24, 2.45) is 5.92 Å². The van der Waals surface area contributed by atoms with E-state index in [4.69, 9.17) is 14.2 Å². The number of carbonyl (C=O) groups excluding carboxylic acids is 2. The molecule has 3 N–H and O–H groups in total. The van der Waals surface area contributed by atoms with E-state index in [-0.39, 0.29) is 48.5 Å². The highest BCUT2D eigenvalue weighted by molar-refractivity contribution is 5.75. The Balaban J connectivity index is 0.00000225. The minimum absolute atomic E-state index is 0. The maximum atomic E-state index is 12.2. The van der Waals surface area contributed by atoms with Gasteiger partial charge in [0.2, 0.25) is 0 Å². The molecule has 25 heavy (non-hydrogen) atoms. The first-order valence-electron chi connectivity index (χ1n) is 9.44. The van der Waals surface area contributed by atoms with Crippen LogP contribution in [0.4, 0.5) is 0 Å². The van der Waals surface area contributed by atoms with Crippen molar-refractivity contribution in [3.05, 3.63) is 0 Å². The van der Waals surface area contributed by atoms with Gasteiger partial charge in [-0.3, -0.25) is 4.79 Å². The molecule has 0 unspecified atom stereocenters. The molecule has 1 heterocycles. The van der Waals surface area contributed by atoms with Crippen LogP contribution in [0.1, 0.15) is 64.7 Å². The Kier molecular flexibility index (Phi) is 7.52. The Bertz CT molecular complexity index is 464. The van der Waals surface area contributed by atoms with E-state index in [1.165, 1.54) is 12.8 Å². The maximum Gasteiger partial charge on any atom is 0.365 e. The second-order valence-electron chi connectivity index (χ2n) is 7.53. The summed E-state index contributed by atoms with van der Waals surface area (Å²) in [5, 5.41) is 0. The van der Waals surface area contributed by atoms with E-state index >= 15 is 0 Å². The Morgan fingerprint density at radius 1 is 1.08 bits per heavy atom. The summed E-state index contributed by atoms with van der Waals surface area (Å²) in [6.07, 6.45) is 7.57. The Hall–Kier alpha value is -0.850. The average Bonchev–Trinajstić information content (AvgIpc) is 3.28. The van der Waals surface area contributed by atoms with Crippen LogP contribution in [0.15, 0.2) is 0 Å². The molecular formula is C18H30ClNO5. The van der Waals surface area contributed by atoms with Gasteiger partial charge in [-0.25, -0.2) is 4.79 Å². The van der Waals surface area contributed by atoms with Crippen molar-refractivity contribution in [2.75, 3.05) is 0 Å². The second kappa shape index (κ2) is 9.19. The first-order valence-corrected chi connectivity index (χ1v) is 9.44. The van der Waals surface area contributed by atoms with Gasteiger partial charge in [0.05, 0.1) is 18.1 Å². The van der Waals surface area contributed by atoms with Crippen molar-refractivity contribution in [1.29, 1.82) is 0 Å². The van der Waals surface area contributed by atoms with Crippen LogP contribution < -0.4 is 18.1 Å². The van der Waals surface area contributed by atoms with Crippen molar-refractivity contribution in [3.8, 4) is 0 Å². The molecule has 2 saturated carbocycles. The molecule has 0 bridgehead atoms. The van der Waals surface area contributed by atoms with Crippen LogP contribution in [0.25, 0.3) is 0 Å². The zero-order chi connectivity index (χ0) is 17.1. The first kappa shape index (κ1) is 20.5. The normalized spacial score (nSPS) is 34.2. The molecule has 0 aromatic heterocycles. The molecule has 0 amide bonds. The van der Waals surface area contributed by atoms with E-state index in [2.05, 4.69) is 5.73 Å². The fraction of sp³-hybridized carbons (Fsp3) is 0.889. The third-order valence-corrected chi connectivity index (χ3v) is 5.34. The third-order valence-electron chi connectivity index (χ3n) is 5.34. The predicted octanol–water partition coefficient (Wildman–Crippen LogP) is -1.63. The summed E-state index contributed by atoms with van der Waals surface area (Å²) in [5.74, 6) is -0.460. The van der Waals surface area contributed by atoms with Crippen molar-refractivity contribution in [3.63, 3.8) is 0 Å². The van der Waals surface area contributed by atoms with E-state index in [1.54, 1.807) is 6.92 Å². The Labute approximate surface area is 155 Å². The Morgan fingerprint density at radius 2 is 1.76 bits per heavy atom. The van der Waals surface area contributed by atoms with Crippen LogP contribution in [0.5, 0.6) is 0 Å². The number of ether oxygens (including phenoxy) is 3. The van der Waals surface area contributed by atoms with Gasteiger partial charge in [-0.15, -0.1) is 0 Å².